The van der Waals surface area contributed by atoms with Crippen molar-refractivity contribution in [1.82, 2.24) is 5.32 Å². The average Bonchev–Trinajstić information content (AvgIpc) is 2.33. The first-order valence-electron chi connectivity index (χ1n) is 6.55. The molecule has 0 aliphatic rings. The lowest BCUT2D eigenvalue weighted by Crippen LogP contribution is -2.41. The zero-order valence-corrected chi connectivity index (χ0v) is 11.8. The summed E-state index contributed by atoms with van der Waals surface area (Å²) < 4.78 is 5.16. The number of aliphatic hydroxyl groups is 1. The molecule has 4 heteroatoms. The lowest BCUT2D eigenvalue weighted by atomic mass is 10.1. The van der Waals surface area contributed by atoms with Gasteiger partial charge in [-0.25, -0.2) is 4.79 Å². The van der Waals surface area contributed by atoms with Crippen LogP contribution < -0.4 is 5.32 Å². The Bertz CT molecular complexity index is 384. The van der Waals surface area contributed by atoms with E-state index < -0.39 is 11.7 Å². The molecule has 1 aromatic rings. The second-order valence-electron chi connectivity index (χ2n) is 5.55. The van der Waals surface area contributed by atoms with E-state index >= 15 is 0 Å². The molecule has 1 aromatic carbocycles. The summed E-state index contributed by atoms with van der Waals surface area (Å²) >= 11 is 0. The number of hydrogen-bond donors (Lipinski definition) is 2. The maximum atomic E-state index is 11.6. The van der Waals surface area contributed by atoms with Crippen LogP contribution in [0.3, 0.4) is 0 Å². The predicted molar refractivity (Wildman–Crippen MR) is 75.0 cm³/mol. The summed E-state index contributed by atoms with van der Waals surface area (Å²) in [6.45, 7) is 5.34. The number of aryl methyl sites for hydroxylation is 1. The molecule has 1 rings (SSSR count). The molecule has 1 atom stereocenters. The number of rotatable bonds is 5. The Morgan fingerprint density at radius 1 is 1.32 bits per heavy atom. The highest BCUT2D eigenvalue weighted by atomic mass is 16.6. The van der Waals surface area contributed by atoms with Gasteiger partial charge in [0.2, 0.25) is 0 Å². The number of amides is 1. The Kier molecular flexibility index (Phi) is 5.83. The van der Waals surface area contributed by atoms with Gasteiger partial charge in [0.15, 0.2) is 0 Å². The third-order valence-corrected chi connectivity index (χ3v) is 2.57. The van der Waals surface area contributed by atoms with E-state index in [-0.39, 0.29) is 12.6 Å². The standard InChI is InChI=1S/C15H23NO3/c1-15(2,3)19-14(18)16-13(11-17)10-9-12-7-5-4-6-8-12/h4-8,13,17H,9-11H2,1-3H3,(H,16,18)/t13-/m1/s1. The van der Waals surface area contributed by atoms with E-state index in [1.165, 1.54) is 5.56 Å². The van der Waals surface area contributed by atoms with E-state index in [1.54, 1.807) is 0 Å². The molecule has 1 amide bonds. The molecule has 0 spiro atoms. The molecule has 2 N–H and O–H groups in total. The summed E-state index contributed by atoms with van der Waals surface area (Å²) in [4.78, 5) is 11.6. The fraction of sp³-hybridized carbons (Fsp3) is 0.533. The van der Waals surface area contributed by atoms with Gasteiger partial charge in [0.05, 0.1) is 12.6 Å². The molecule has 0 bridgehead atoms. The molecular weight excluding hydrogens is 242 g/mol. The summed E-state index contributed by atoms with van der Waals surface area (Å²) in [5.41, 5.74) is 0.663. The van der Waals surface area contributed by atoms with Crippen LogP contribution >= 0.6 is 0 Å². The number of carbonyl (C=O) groups excluding carboxylic acids is 1. The van der Waals surface area contributed by atoms with Crippen molar-refractivity contribution in [2.24, 2.45) is 0 Å². The highest BCUT2D eigenvalue weighted by Crippen LogP contribution is 2.08. The number of nitrogens with one attached hydrogen (secondary N) is 1. The maximum Gasteiger partial charge on any atom is 0.407 e. The molecule has 0 aliphatic carbocycles. The molecule has 0 saturated heterocycles. The molecular formula is C15H23NO3. The van der Waals surface area contributed by atoms with E-state index in [9.17, 15) is 9.90 Å². The number of aliphatic hydroxyl groups excluding tert-OH is 1. The summed E-state index contributed by atoms with van der Waals surface area (Å²) in [5.74, 6) is 0. The third kappa shape index (κ3) is 6.82. The van der Waals surface area contributed by atoms with Gasteiger partial charge >= 0.3 is 6.09 Å². The molecule has 0 aromatic heterocycles. The van der Waals surface area contributed by atoms with Gasteiger partial charge in [-0.1, -0.05) is 30.3 Å². The Labute approximate surface area is 114 Å². The lowest BCUT2D eigenvalue weighted by molar-refractivity contribution is 0.0479. The van der Waals surface area contributed by atoms with E-state index in [4.69, 9.17) is 4.74 Å². The molecule has 0 heterocycles. The number of ether oxygens (including phenoxy) is 1. The Morgan fingerprint density at radius 2 is 1.95 bits per heavy atom. The quantitative estimate of drug-likeness (QED) is 0.860. The smallest absolute Gasteiger partial charge is 0.407 e. The van der Waals surface area contributed by atoms with Crippen LogP contribution in [-0.2, 0) is 11.2 Å². The van der Waals surface area contributed by atoms with Crippen LogP contribution in [0.1, 0.15) is 32.8 Å². The van der Waals surface area contributed by atoms with Crippen LogP contribution in [0.4, 0.5) is 4.79 Å². The second-order valence-corrected chi connectivity index (χ2v) is 5.55. The lowest BCUT2D eigenvalue weighted by Gasteiger charge is -2.22. The van der Waals surface area contributed by atoms with Crippen molar-refractivity contribution in [3.63, 3.8) is 0 Å². The normalized spacial score (nSPS) is 12.8. The minimum Gasteiger partial charge on any atom is -0.444 e. The summed E-state index contributed by atoms with van der Waals surface area (Å²) in [5, 5.41) is 12.0. The van der Waals surface area contributed by atoms with Gasteiger partial charge in [-0.3, -0.25) is 0 Å². The van der Waals surface area contributed by atoms with E-state index in [0.29, 0.717) is 6.42 Å². The summed E-state index contributed by atoms with van der Waals surface area (Å²) in [7, 11) is 0. The van der Waals surface area contributed by atoms with Gasteiger partial charge in [0.1, 0.15) is 5.60 Å². The zero-order chi connectivity index (χ0) is 14.3. The van der Waals surface area contributed by atoms with Gasteiger partial charge in [-0.2, -0.15) is 0 Å². The summed E-state index contributed by atoms with van der Waals surface area (Å²) in [6, 6.07) is 9.69. The van der Waals surface area contributed by atoms with E-state index in [1.807, 2.05) is 51.1 Å². The minimum absolute atomic E-state index is 0.0912. The number of alkyl carbamates (subject to hydrolysis) is 1. The van der Waals surface area contributed by atoms with E-state index in [2.05, 4.69) is 5.32 Å². The fourth-order valence-corrected chi connectivity index (χ4v) is 1.67. The van der Waals surface area contributed by atoms with Crippen LogP contribution in [0.25, 0.3) is 0 Å². The first-order valence-corrected chi connectivity index (χ1v) is 6.55. The van der Waals surface area contributed by atoms with Crippen molar-refractivity contribution < 1.29 is 14.6 Å². The monoisotopic (exact) mass is 265 g/mol. The molecule has 0 radical (unpaired) electrons. The molecule has 0 saturated carbocycles. The topological polar surface area (TPSA) is 58.6 Å². The minimum atomic E-state index is -0.524. The first kappa shape index (κ1) is 15.5. The fourth-order valence-electron chi connectivity index (χ4n) is 1.67. The predicted octanol–water partition coefficient (Wildman–Crippen LogP) is 2.50. The molecule has 106 valence electrons. The SMILES string of the molecule is CC(C)(C)OC(=O)N[C@@H](CO)CCc1ccccc1. The highest BCUT2D eigenvalue weighted by Gasteiger charge is 2.18. The Hall–Kier alpha value is -1.55. The second kappa shape index (κ2) is 7.14. The van der Waals surface area contributed by atoms with Gasteiger partial charge in [0, 0.05) is 0 Å². The van der Waals surface area contributed by atoms with Crippen LogP contribution in [0.2, 0.25) is 0 Å². The number of benzene rings is 1. The van der Waals surface area contributed by atoms with Crippen molar-refractivity contribution >= 4 is 6.09 Å². The molecule has 19 heavy (non-hydrogen) atoms. The van der Waals surface area contributed by atoms with Crippen LogP contribution in [0.15, 0.2) is 30.3 Å². The maximum absolute atomic E-state index is 11.6. The van der Waals surface area contributed by atoms with Crippen molar-refractivity contribution in [3.05, 3.63) is 35.9 Å². The Balaban J connectivity index is 2.39. The van der Waals surface area contributed by atoms with Gasteiger partial charge in [0.25, 0.3) is 0 Å². The van der Waals surface area contributed by atoms with Crippen LogP contribution in [-0.4, -0.2) is 29.4 Å². The van der Waals surface area contributed by atoms with Crippen molar-refractivity contribution in [2.45, 2.75) is 45.3 Å². The van der Waals surface area contributed by atoms with Gasteiger partial charge in [-0.15, -0.1) is 0 Å². The van der Waals surface area contributed by atoms with Crippen molar-refractivity contribution in [2.75, 3.05) is 6.61 Å². The van der Waals surface area contributed by atoms with Crippen LogP contribution in [0, 0.1) is 0 Å². The van der Waals surface area contributed by atoms with Gasteiger partial charge < -0.3 is 15.2 Å². The number of hydrogen-bond acceptors (Lipinski definition) is 3. The molecule has 0 unspecified atom stereocenters. The number of carbonyl (C=O) groups is 1. The molecule has 4 nitrogen and oxygen atoms in total. The summed E-state index contributed by atoms with van der Waals surface area (Å²) in [6.07, 6.45) is 1.00. The van der Waals surface area contributed by atoms with Gasteiger partial charge in [-0.05, 0) is 39.2 Å². The highest BCUT2D eigenvalue weighted by molar-refractivity contribution is 5.68. The molecule has 0 aliphatic heterocycles. The largest absolute Gasteiger partial charge is 0.444 e. The van der Waals surface area contributed by atoms with E-state index in [0.717, 1.165) is 6.42 Å². The zero-order valence-electron chi connectivity index (χ0n) is 11.8. The Morgan fingerprint density at radius 3 is 2.47 bits per heavy atom. The first-order chi connectivity index (χ1) is 8.90. The van der Waals surface area contributed by atoms with Crippen molar-refractivity contribution in [3.8, 4) is 0 Å². The average molecular weight is 265 g/mol. The van der Waals surface area contributed by atoms with Crippen LogP contribution in [0.5, 0.6) is 0 Å². The molecule has 0 fully saturated rings. The van der Waals surface area contributed by atoms with Crippen molar-refractivity contribution in [1.29, 1.82) is 0 Å². The third-order valence-electron chi connectivity index (χ3n) is 2.57.